The van der Waals surface area contributed by atoms with E-state index in [0.717, 1.165) is 59.8 Å². The molecule has 1 amide bonds. The number of nitrogens with one attached hydrogen (secondary N) is 1. The molecule has 174 valence electrons. The van der Waals surface area contributed by atoms with Gasteiger partial charge in [0.05, 0.1) is 34.9 Å². The first-order valence-corrected chi connectivity index (χ1v) is 12.0. The molecule has 2 aliphatic rings. The summed E-state index contributed by atoms with van der Waals surface area (Å²) in [5.74, 6) is 6.41. The van der Waals surface area contributed by atoms with Crippen LogP contribution in [0.3, 0.4) is 0 Å². The number of nitrogens with two attached hydrogens (primary N) is 1. The summed E-state index contributed by atoms with van der Waals surface area (Å²) < 4.78 is 1.80. The van der Waals surface area contributed by atoms with Crippen molar-refractivity contribution < 1.29 is 4.79 Å². The highest BCUT2D eigenvalue weighted by atomic mass is 16.2. The number of pyridine rings is 1. The van der Waals surface area contributed by atoms with E-state index < -0.39 is 0 Å². The van der Waals surface area contributed by atoms with Gasteiger partial charge in [-0.25, -0.2) is 15.3 Å². The summed E-state index contributed by atoms with van der Waals surface area (Å²) in [7, 11) is 0. The van der Waals surface area contributed by atoms with E-state index in [4.69, 9.17) is 15.9 Å². The Morgan fingerprint density at radius 1 is 1.30 bits per heavy atom. The highest BCUT2D eigenvalue weighted by Crippen LogP contribution is 2.43. The number of imidazole rings is 1. The molecule has 0 radical (unpaired) electrons. The van der Waals surface area contributed by atoms with Crippen molar-refractivity contribution in [2.24, 2.45) is 5.84 Å². The molecule has 33 heavy (non-hydrogen) atoms. The number of hydrogen-bond donors (Lipinski definition) is 2. The van der Waals surface area contributed by atoms with Crippen molar-refractivity contribution >= 4 is 11.6 Å². The summed E-state index contributed by atoms with van der Waals surface area (Å²) in [4.78, 5) is 23.0. The number of aryl methyl sites for hydroxylation is 2. The van der Waals surface area contributed by atoms with Crippen molar-refractivity contribution in [3.63, 3.8) is 0 Å². The number of carbonyl (C=O) groups excluding carboxylic acids is 1. The van der Waals surface area contributed by atoms with Crippen LogP contribution < -0.4 is 11.2 Å². The Labute approximate surface area is 194 Å². The molecule has 8 heteroatoms. The summed E-state index contributed by atoms with van der Waals surface area (Å²) in [5.41, 5.74) is 5.90. The molecule has 2 fully saturated rings. The molecule has 3 N–H and O–H groups in total. The summed E-state index contributed by atoms with van der Waals surface area (Å²) >= 11 is 0. The average molecular weight is 448 g/mol. The monoisotopic (exact) mass is 447 g/mol. The number of fused-ring (bicyclic) bond motifs is 1. The van der Waals surface area contributed by atoms with E-state index in [1.54, 1.807) is 4.52 Å². The van der Waals surface area contributed by atoms with Gasteiger partial charge >= 0.3 is 0 Å². The fraction of sp³-hybridized carbons (Fsp3) is 0.520. The molecule has 2 atom stereocenters. The lowest BCUT2D eigenvalue weighted by atomic mass is 9.94. The third-order valence-electron chi connectivity index (χ3n) is 7.31. The number of carbonyl (C=O) groups is 1. The minimum Gasteiger partial charge on any atom is -0.311 e. The van der Waals surface area contributed by atoms with Gasteiger partial charge in [-0.15, -0.1) is 0 Å². The zero-order chi connectivity index (χ0) is 23.3. The molecule has 0 aromatic carbocycles. The van der Waals surface area contributed by atoms with Gasteiger partial charge in [-0.05, 0) is 82.2 Å². The lowest BCUT2D eigenvalue weighted by molar-refractivity contribution is 0.0609. The smallest absolute Gasteiger partial charge is 0.269 e. The Balaban J connectivity index is 1.49. The van der Waals surface area contributed by atoms with Gasteiger partial charge in [0.1, 0.15) is 5.69 Å². The normalized spacial score (nSPS) is 20.2. The van der Waals surface area contributed by atoms with E-state index in [1.165, 1.54) is 17.9 Å². The lowest BCUT2D eigenvalue weighted by Crippen LogP contribution is -2.54. The quantitative estimate of drug-likeness (QED) is 0.353. The van der Waals surface area contributed by atoms with Gasteiger partial charge in [0.15, 0.2) is 5.65 Å². The van der Waals surface area contributed by atoms with Crippen LogP contribution in [0, 0.1) is 13.8 Å². The average Bonchev–Trinajstić information content (AvgIpc) is 3.44. The van der Waals surface area contributed by atoms with Crippen LogP contribution in [0.2, 0.25) is 0 Å². The summed E-state index contributed by atoms with van der Waals surface area (Å²) in [5, 5.41) is 9.79. The van der Waals surface area contributed by atoms with Crippen LogP contribution in [0.1, 0.15) is 79.2 Å². The maximum atomic E-state index is 13.5. The van der Waals surface area contributed by atoms with Gasteiger partial charge in [0.25, 0.3) is 5.91 Å². The Hall–Kier alpha value is -2.84. The molecular weight excluding hydrogens is 414 g/mol. The van der Waals surface area contributed by atoms with Crippen LogP contribution in [-0.2, 0) is 0 Å². The molecule has 1 saturated heterocycles. The Morgan fingerprint density at radius 2 is 2.09 bits per heavy atom. The fourth-order valence-corrected chi connectivity index (χ4v) is 4.94. The maximum Gasteiger partial charge on any atom is 0.269 e. The molecule has 1 aliphatic carbocycles. The standard InChI is InChI=1S/C25H33N7O/c1-5-15(2)22-19(24(33)32(26)18-8-11-27-25(13-18)9-10-25)6-7-20(29-22)21-12-16(3)23-28-17(4)14-31(23)30-21/h6-7,12,14-15,18,27H,5,8-11,13,26H2,1-4H3. The van der Waals surface area contributed by atoms with E-state index in [0.29, 0.717) is 5.56 Å². The number of rotatable bonds is 5. The number of amides is 1. The van der Waals surface area contributed by atoms with Crippen molar-refractivity contribution in [1.82, 2.24) is 29.9 Å². The summed E-state index contributed by atoms with van der Waals surface area (Å²) in [6.07, 6.45) is 6.94. The number of nitrogens with zero attached hydrogens (tertiary/aromatic N) is 5. The molecule has 3 aromatic rings. The lowest BCUT2D eigenvalue weighted by Gasteiger charge is -2.36. The molecule has 2 unspecified atom stereocenters. The van der Waals surface area contributed by atoms with E-state index >= 15 is 0 Å². The first-order valence-electron chi connectivity index (χ1n) is 12.0. The second kappa shape index (κ2) is 8.18. The minimum atomic E-state index is -0.142. The zero-order valence-electron chi connectivity index (χ0n) is 19.9. The van der Waals surface area contributed by atoms with E-state index in [2.05, 4.69) is 24.1 Å². The first-order chi connectivity index (χ1) is 15.8. The number of hydrogen-bond acceptors (Lipinski definition) is 6. The predicted octanol–water partition coefficient (Wildman–Crippen LogP) is 3.52. The number of hydrazine groups is 1. The molecule has 1 spiro atoms. The zero-order valence-corrected chi connectivity index (χ0v) is 19.9. The minimum absolute atomic E-state index is 0.0573. The van der Waals surface area contributed by atoms with E-state index in [-0.39, 0.29) is 23.4 Å². The maximum absolute atomic E-state index is 13.5. The van der Waals surface area contributed by atoms with Crippen molar-refractivity contribution in [3.8, 4) is 11.4 Å². The van der Waals surface area contributed by atoms with Crippen LogP contribution >= 0.6 is 0 Å². The van der Waals surface area contributed by atoms with Gasteiger partial charge in [0, 0.05) is 5.54 Å². The SMILES string of the molecule is CCC(C)c1nc(-c2cc(C)c3nc(C)cn3n2)ccc1C(=O)N(N)C1CCNC2(CC2)C1. The topological polar surface area (TPSA) is 101 Å². The van der Waals surface area contributed by atoms with Gasteiger partial charge < -0.3 is 5.32 Å². The Bertz CT molecular complexity index is 1210. The molecule has 0 bridgehead atoms. The molecule has 5 rings (SSSR count). The van der Waals surface area contributed by atoms with Crippen molar-refractivity contribution in [3.05, 3.63) is 46.9 Å². The summed E-state index contributed by atoms with van der Waals surface area (Å²) in [6.45, 7) is 9.11. The second-order valence-electron chi connectivity index (χ2n) is 9.87. The van der Waals surface area contributed by atoms with Gasteiger partial charge in [0.2, 0.25) is 0 Å². The van der Waals surface area contributed by atoms with Crippen molar-refractivity contribution in [2.75, 3.05) is 6.54 Å². The van der Waals surface area contributed by atoms with Crippen LogP contribution in [0.15, 0.2) is 24.4 Å². The first kappa shape index (κ1) is 22.0. The Morgan fingerprint density at radius 3 is 2.82 bits per heavy atom. The highest BCUT2D eigenvalue weighted by molar-refractivity contribution is 5.95. The van der Waals surface area contributed by atoms with Crippen LogP contribution in [0.5, 0.6) is 0 Å². The van der Waals surface area contributed by atoms with Gasteiger partial charge in [-0.1, -0.05) is 13.8 Å². The van der Waals surface area contributed by atoms with Crippen LogP contribution in [0.25, 0.3) is 17.0 Å². The van der Waals surface area contributed by atoms with Crippen molar-refractivity contribution in [2.45, 2.75) is 77.3 Å². The third kappa shape index (κ3) is 4.02. The largest absolute Gasteiger partial charge is 0.311 e. The van der Waals surface area contributed by atoms with Gasteiger partial charge in [-0.3, -0.25) is 14.8 Å². The highest BCUT2D eigenvalue weighted by Gasteiger charge is 2.47. The number of aromatic nitrogens is 4. The van der Waals surface area contributed by atoms with Gasteiger partial charge in [-0.2, -0.15) is 5.10 Å². The molecule has 1 aliphatic heterocycles. The van der Waals surface area contributed by atoms with E-state index in [9.17, 15) is 4.79 Å². The number of piperidine rings is 1. The molecule has 4 heterocycles. The molecule has 3 aromatic heterocycles. The van der Waals surface area contributed by atoms with Crippen LogP contribution in [-0.4, -0.2) is 48.6 Å². The molecular formula is C25H33N7O. The molecule has 1 saturated carbocycles. The summed E-state index contributed by atoms with van der Waals surface area (Å²) in [6, 6.07) is 5.82. The van der Waals surface area contributed by atoms with Crippen LogP contribution in [0.4, 0.5) is 0 Å². The molecule has 8 nitrogen and oxygen atoms in total. The fourth-order valence-electron chi connectivity index (χ4n) is 4.94. The third-order valence-corrected chi connectivity index (χ3v) is 7.31. The predicted molar refractivity (Wildman–Crippen MR) is 128 cm³/mol. The van der Waals surface area contributed by atoms with Crippen molar-refractivity contribution in [1.29, 1.82) is 0 Å². The van der Waals surface area contributed by atoms with E-state index in [1.807, 2.05) is 38.2 Å². The Kier molecular flexibility index (Phi) is 5.45. The second-order valence-corrected chi connectivity index (χ2v) is 9.87.